The molecule has 3 N–H and O–H groups in total. The first kappa shape index (κ1) is 12.5. The van der Waals surface area contributed by atoms with Crippen LogP contribution in [0.3, 0.4) is 0 Å². The Morgan fingerprint density at radius 1 is 1.41 bits per heavy atom. The number of nitrogens with two attached hydrogens (primary N) is 1. The van der Waals surface area contributed by atoms with Crippen molar-refractivity contribution in [3.05, 3.63) is 44.3 Å². The molecular formula is C12H14BrN3S. The van der Waals surface area contributed by atoms with E-state index < -0.39 is 0 Å². The minimum absolute atomic E-state index is 0.782. The topological polar surface area (TPSA) is 50.9 Å². The summed E-state index contributed by atoms with van der Waals surface area (Å²) in [6.07, 6.45) is 0. The van der Waals surface area contributed by atoms with Crippen LogP contribution in [0.5, 0.6) is 0 Å². The van der Waals surface area contributed by atoms with E-state index in [1.54, 1.807) is 11.3 Å². The highest BCUT2D eigenvalue weighted by atomic mass is 79.9. The van der Waals surface area contributed by atoms with Gasteiger partial charge in [0.25, 0.3) is 0 Å². The van der Waals surface area contributed by atoms with Gasteiger partial charge in [-0.25, -0.2) is 4.98 Å². The van der Waals surface area contributed by atoms with Crippen molar-refractivity contribution < 1.29 is 0 Å². The standard InChI is InChI=1S/C12H14BrN3S/c1-8-7-17-12(16-8)6-15-5-9-4-10(14)2-3-11(9)13/h2-4,7,15H,5-6,14H2,1H3. The van der Waals surface area contributed by atoms with E-state index in [4.69, 9.17) is 5.73 Å². The van der Waals surface area contributed by atoms with Crippen LogP contribution in [0.2, 0.25) is 0 Å². The van der Waals surface area contributed by atoms with Crippen molar-refractivity contribution in [2.45, 2.75) is 20.0 Å². The van der Waals surface area contributed by atoms with Gasteiger partial charge in [-0.1, -0.05) is 15.9 Å². The fourth-order valence-corrected chi connectivity index (χ4v) is 2.65. The van der Waals surface area contributed by atoms with Crippen LogP contribution in [-0.2, 0) is 13.1 Å². The SMILES string of the molecule is Cc1csc(CNCc2cc(N)ccc2Br)n1. The van der Waals surface area contributed by atoms with Gasteiger partial charge in [0.2, 0.25) is 0 Å². The lowest BCUT2D eigenvalue weighted by Crippen LogP contribution is -2.13. The molecule has 3 nitrogen and oxygen atoms in total. The van der Waals surface area contributed by atoms with Crippen molar-refractivity contribution in [1.82, 2.24) is 10.3 Å². The average Bonchev–Trinajstić information content (AvgIpc) is 2.69. The number of nitrogens with zero attached hydrogens (tertiary/aromatic N) is 1. The van der Waals surface area contributed by atoms with Crippen molar-refractivity contribution in [3.63, 3.8) is 0 Å². The zero-order valence-corrected chi connectivity index (χ0v) is 11.9. The maximum atomic E-state index is 5.75. The molecule has 1 heterocycles. The van der Waals surface area contributed by atoms with Gasteiger partial charge in [-0.2, -0.15) is 0 Å². The molecule has 0 spiro atoms. The first-order valence-corrected chi connectivity index (χ1v) is 6.98. The molecule has 0 aliphatic carbocycles. The highest BCUT2D eigenvalue weighted by molar-refractivity contribution is 9.10. The van der Waals surface area contributed by atoms with Gasteiger partial charge in [-0.05, 0) is 30.7 Å². The molecule has 0 aliphatic rings. The van der Waals surface area contributed by atoms with Gasteiger partial charge in [0.1, 0.15) is 5.01 Å². The highest BCUT2D eigenvalue weighted by Crippen LogP contribution is 2.19. The lowest BCUT2D eigenvalue weighted by molar-refractivity contribution is 0.687. The van der Waals surface area contributed by atoms with E-state index in [-0.39, 0.29) is 0 Å². The summed E-state index contributed by atoms with van der Waals surface area (Å²) in [4.78, 5) is 4.40. The van der Waals surface area contributed by atoms with E-state index in [9.17, 15) is 0 Å². The molecule has 5 heteroatoms. The minimum Gasteiger partial charge on any atom is -0.399 e. The number of aromatic nitrogens is 1. The first-order valence-electron chi connectivity index (χ1n) is 5.31. The van der Waals surface area contributed by atoms with Gasteiger partial charge in [0.15, 0.2) is 0 Å². The van der Waals surface area contributed by atoms with Crippen LogP contribution in [0.15, 0.2) is 28.1 Å². The molecular weight excluding hydrogens is 298 g/mol. The largest absolute Gasteiger partial charge is 0.399 e. The van der Waals surface area contributed by atoms with Gasteiger partial charge < -0.3 is 11.1 Å². The Balaban J connectivity index is 1.91. The van der Waals surface area contributed by atoms with Crippen LogP contribution in [0.1, 0.15) is 16.3 Å². The fourth-order valence-electron chi connectivity index (χ4n) is 1.52. The van der Waals surface area contributed by atoms with Crippen molar-refractivity contribution in [2.75, 3.05) is 5.73 Å². The summed E-state index contributed by atoms with van der Waals surface area (Å²) in [6, 6.07) is 5.84. The summed E-state index contributed by atoms with van der Waals surface area (Å²) in [5.41, 5.74) is 8.79. The predicted octanol–water partition coefficient (Wildman–Crippen LogP) is 3.09. The normalized spacial score (nSPS) is 10.7. The zero-order valence-electron chi connectivity index (χ0n) is 9.53. The number of nitrogen functional groups attached to an aromatic ring is 1. The maximum absolute atomic E-state index is 5.75. The van der Waals surface area contributed by atoms with E-state index in [0.717, 1.165) is 34.0 Å². The molecule has 0 fully saturated rings. The van der Waals surface area contributed by atoms with Gasteiger partial charge in [-0.15, -0.1) is 11.3 Å². The molecule has 0 saturated heterocycles. The molecule has 1 aromatic heterocycles. The molecule has 2 rings (SSSR count). The minimum atomic E-state index is 0.782. The Morgan fingerprint density at radius 3 is 2.94 bits per heavy atom. The lowest BCUT2D eigenvalue weighted by atomic mass is 10.2. The summed E-state index contributed by atoms with van der Waals surface area (Å²) in [7, 11) is 0. The van der Waals surface area contributed by atoms with Crippen LogP contribution in [0.25, 0.3) is 0 Å². The van der Waals surface area contributed by atoms with E-state index >= 15 is 0 Å². The van der Waals surface area contributed by atoms with Gasteiger partial charge >= 0.3 is 0 Å². The molecule has 0 amide bonds. The molecule has 2 aromatic rings. The number of hydrogen-bond donors (Lipinski definition) is 2. The summed E-state index contributed by atoms with van der Waals surface area (Å²) < 4.78 is 1.08. The summed E-state index contributed by atoms with van der Waals surface area (Å²) >= 11 is 5.19. The van der Waals surface area contributed by atoms with Gasteiger partial charge in [0, 0.05) is 34.3 Å². The van der Waals surface area contributed by atoms with Crippen molar-refractivity contribution in [1.29, 1.82) is 0 Å². The number of rotatable bonds is 4. The van der Waals surface area contributed by atoms with Crippen molar-refractivity contribution >= 4 is 33.0 Å². The molecule has 0 bridgehead atoms. The molecule has 1 aromatic carbocycles. The second kappa shape index (κ2) is 5.62. The lowest BCUT2D eigenvalue weighted by Gasteiger charge is -2.06. The third-order valence-electron chi connectivity index (χ3n) is 2.33. The highest BCUT2D eigenvalue weighted by Gasteiger charge is 2.02. The monoisotopic (exact) mass is 311 g/mol. The summed E-state index contributed by atoms with van der Waals surface area (Å²) in [6.45, 7) is 3.58. The molecule has 0 unspecified atom stereocenters. The molecule has 17 heavy (non-hydrogen) atoms. The Bertz CT molecular complexity index is 510. The fraction of sp³-hybridized carbons (Fsp3) is 0.250. The molecule has 0 radical (unpaired) electrons. The van der Waals surface area contributed by atoms with Crippen molar-refractivity contribution in [2.24, 2.45) is 0 Å². The smallest absolute Gasteiger partial charge is 0.107 e. The van der Waals surface area contributed by atoms with Gasteiger partial charge in [-0.3, -0.25) is 0 Å². The number of hydrogen-bond acceptors (Lipinski definition) is 4. The first-order chi connectivity index (χ1) is 8.15. The van der Waals surface area contributed by atoms with Crippen LogP contribution in [-0.4, -0.2) is 4.98 Å². The third-order valence-corrected chi connectivity index (χ3v) is 4.07. The number of halogens is 1. The zero-order chi connectivity index (χ0) is 12.3. The third kappa shape index (κ3) is 3.52. The van der Waals surface area contributed by atoms with Crippen LogP contribution in [0, 0.1) is 6.92 Å². The van der Waals surface area contributed by atoms with E-state index in [0.29, 0.717) is 0 Å². The van der Waals surface area contributed by atoms with E-state index in [1.807, 2.05) is 25.1 Å². The Kier molecular flexibility index (Phi) is 4.15. The number of thiazole rings is 1. The summed E-state index contributed by atoms with van der Waals surface area (Å²) in [5, 5.41) is 6.54. The Hall–Kier alpha value is -0.910. The molecule has 0 aliphatic heterocycles. The molecule has 0 saturated carbocycles. The molecule has 0 atom stereocenters. The number of benzene rings is 1. The van der Waals surface area contributed by atoms with Crippen LogP contribution >= 0.6 is 27.3 Å². The number of nitrogens with one attached hydrogen (secondary N) is 1. The van der Waals surface area contributed by atoms with Crippen molar-refractivity contribution in [3.8, 4) is 0 Å². The quantitative estimate of drug-likeness (QED) is 0.853. The van der Waals surface area contributed by atoms with Gasteiger partial charge in [0.05, 0.1) is 0 Å². The van der Waals surface area contributed by atoms with E-state index in [1.165, 1.54) is 5.56 Å². The second-order valence-corrected chi connectivity index (χ2v) is 5.63. The maximum Gasteiger partial charge on any atom is 0.107 e. The summed E-state index contributed by atoms with van der Waals surface area (Å²) in [5.74, 6) is 0. The van der Waals surface area contributed by atoms with Crippen LogP contribution < -0.4 is 11.1 Å². The molecule has 90 valence electrons. The predicted molar refractivity (Wildman–Crippen MR) is 75.9 cm³/mol. The number of aryl methyl sites for hydroxylation is 1. The Labute approximate surface area is 113 Å². The number of anilines is 1. The Morgan fingerprint density at radius 2 is 2.24 bits per heavy atom. The average molecular weight is 312 g/mol. The van der Waals surface area contributed by atoms with E-state index in [2.05, 4.69) is 31.6 Å². The second-order valence-electron chi connectivity index (χ2n) is 3.84. The van der Waals surface area contributed by atoms with Crippen LogP contribution in [0.4, 0.5) is 5.69 Å².